The molecule has 11 heteroatoms. The number of nitro benzene ring substituents is 1. The van der Waals surface area contributed by atoms with Crippen LogP contribution in [0.15, 0.2) is 76.1 Å². The molecule has 1 aliphatic rings. The molecule has 1 aliphatic heterocycles. The number of rotatable bonds is 6. The van der Waals surface area contributed by atoms with E-state index in [1.54, 1.807) is 36.4 Å². The topological polar surface area (TPSA) is 107 Å². The Kier molecular flexibility index (Phi) is 7.34. The third-order valence-corrected chi connectivity index (χ3v) is 6.52. The van der Waals surface area contributed by atoms with Gasteiger partial charge in [0.25, 0.3) is 16.8 Å². The number of ether oxygens (including phenoxy) is 1. The number of carbonyl (C=O) groups excluding carboxylic acids is 3. The summed E-state index contributed by atoms with van der Waals surface area (Å²) in [6, 6.07) is 16.8. The minimum atomic E-state index is -0.629. The first kappa shape index (κ1) is 24.6. The van der Waals surface area contributed by atoms with Crippen LogP contribution in [-0.4, -0.2) is 26.9 Å². The summed E-state index contributed by atoms with van der Waals surface area (Å²) in [6.07, 6.45) is 1.48. The molecule has 0 aromatic heterocycles. The Morgan fingerprint density at radius 1 is 1.11 bits per heavy atom. The lowest BCUT2D eigenvalue weighted by Gasteiger charge is -2.12. The van der Waals surface area contributed by atoms with Crippen LogP contribution >= 0.6 is 39.3 Å². The van der Waals surface area contributed by atoms with Crippen LogP contribution in [0, 0.1) is 10.1 Å². The second-order valence-corrected chi connectivity index (χ2v) is 9.62. The maximum absolute atomic E-state index is 13.0. The second kappa shape index (κ2) is 10.4. The number of imide groups is 1. The van der Waals surface area contributed by atoms with Crippen LogP contribution in [0.5, 0.6) is 5.75 Å². The van der Waals surface area contributed by atoms with E-state index in [9.17, 15) is 24.5 Å². The van der Waals surface area contributed by atoms with Crippen molar-refractivity contribution in [3.63, 3.8) is 0 Å². The molecule has 0 spiro atoms. The third kappa shape index (κ3) is 5.79. The maximum atomic E-state index is 13.0. The molecule has 0 bridgehead atoms. The number of amides is 2. The molecule has 176 valence electrons. The maximum Gasteiger partial charge on any atom is 0.343 e. The Labute approximate surface area is 216 Å². The molecule has 1 fully saturated rings. The summed E-state index contributed by atoms with van der Waals surface area (Å²) in [5.74, 6) is -0.957. The molecule has 3 aromatic rings. The van der Waals surface area contributed by atoms with Crippen LogP contribution in [0.2, 0.25) is 5.02 Å². The molecule has 0 atom stereocenters. The summed E-state index contributed by atoms with van der Waals surface area (Å²) in [5, 5.41) is 10.7. The predicted molar refractivity (Wildman–Crippen MR) is 135 cm³/mol. The summed E-state index contributed by atoms with van der Waals surface area (Å²) in [7, 11) is 0. The van der Waals surface area contributed by atoms with Gasteiger partial charge in [0, 0.05) is 27.2 Å². The Morgan fingerprint density at radius 3 is 2.54 bits per heavy atom. The number of non-ortho nitro benzene ring substituents is 1. The van der Waals surface area contributed by atoms with Crippen molar-refractivity contribution < 1.29 is 24.0 Å². The second-order valence-electron chi connectivity index (χ2n) is 7.27. The summed E-state index contributed by atoms with van der Waals surface area (Å²) in [4.78, 5) is 49.6. The minimum Gasteiger partial charge on any atom is -0.422 e. The highest BCUT2D eigenvalue weighted by Crippen LogP contribution is 2.36. The van der Waals surface area contributed by atoms with Crippen molar-refractivity contribution in [3.8, 4) is 5.75 Å². The Bertz CT molecular complexity index is 1390. The summed E-state index contributed by atoms with van der Waals surface area (Å²) >= 11 is 10.1. The number of esters is 1. The van der Waals surface area contributed by atoms with Gasteiger partial charge in [-0.25, -0.2) is 4.79 Å². The van der Waals surface area contributed by atoms with Crippen molar-refractivity contribution in [1.29, 1.82) is 0 Å². The summed E-state index contributed by atoms with van der Waals surface area (Å²) < 4.78 is 6.21. The van der Waals surface area contributed by atoms with Crippen molar-refractivity contribution in [3.05, 3.63) is 108 Å². The van der Waals surface area contributed by atoms with E-state index in [2.05, 4.69) is 15.9 Å². The van der Waals surface area contributed by atoms with Crippen LogP contribution < -0.4 is 4.74 Å². The number of hydrogen-bond donors (Lipinski definition) is 0. The molecular weight excluding hydrogens is 560 g/mol. The van der Waals surface area contributed by atoms with E-state index in [1.165, 1.54) is 36.4 Å². The molecular formula is C24H14BrClN2O6S. The lowest BCUT2D eigenvalue weighted by molar-refractivity contribution is -0.384. The van der Waals surface area contributed by atoms with Crippen molar-refractivity contribution in [2.24, 2.45) is 0 Å². The zero-order valence-electron chi connectivity index (χ0n) is 17.6. The Morgan fingerprint density at radius 2 is 1.86 bits per heavy atom. The van der Waals surface area contributed by atoms with Gasteiger partial charge in [0.1, 0.15) is 5.75 Å². The molecule has 0 aliphatic carbocycles. The normalized spacial score (nSPS) is 14.5. The number of nitro groups is 1. The van der Waals surface area contributed by atoms with Crippen LogP contribution in [0.25, 0.3) is 6.08 Å². The van der Waals surface area contributed by atoms with Crippen molar-refractivity contribution in [2.45, 2.75) is 6.54 Å². The Hall–Kier alpha value is -3.47. The van der Waals surface area contributed by atoms with E-state index >= 15 is 0 Å². The van der Waals surface area contributed by atoms with E-state index in [0.717, 1.165) is 16.7 Å². The number of benzene rings is 3. The fraction of sp³-hybridized carbons (Fsp3) is 0.0417. The highest BCUT2D eigenvalue weighted by Gasteiger charge is 2.35. The number of thioether (sulfide) groups is 1. The van der Waals surface area contributed by atoms with Crippen molar-refractivity contribution in [1.82, 2.24) is 4.90 Å². The predicted octanol–water partition coefficient (Wildman–Crippen LogP) is 6.47. The van der Waals surface area contributed by atoms with E-state index in [-0.39, 0.29) is 28.5 Å². The molecule has 1 heterocycles. The quantitative estimate of drug-likeness (QED) is 0.109. The van der Waals surface area contributed by atoms with Gasteiger partial charge in [-0.15, -0.1) is 0 Å². The van der Waals surface area contributed by atoms with Crippen molar-refractivity contribution >= 4 is 68.2 Å². The molecule has 0 saturated carbocycles. The van der Waals surface area contributed by atoms with Gasteiger partial charge in [0.15, 0.2) is 0 Å². The average molecular weight is 574 g/mol. The first-order valence-electron chi connectivity index (χ1n) is 9.97. The summed E-state index contributed by atoms with van der Waals surface area (Å²) in [5.41, 5.74) is 1.15. The molecule has 1 saturated heterocycles. The fourth-order valence-corrected chi connectivity index (χ4v) is 4.58. The van der Waals surface area contributed by atoms with E-state index in [4.69, 9.17) is 16.3 Å². The summed E-state index contributed by atoms with van der Waals surface area (Å²) in [6.45, 7) is -0.0326. The monoisotopic (exact) mass is 572 g/mol. The molecule has 3 aromatic carbocycles. The van der Waals surface area contributed by atoms with Gasteiger partial charge in [0.2, 0.25) is 0 Å². The zero-order valence-corrected chi connectivity index (χ0v) is 20.8. The van der Waals surface area contributed by atoms with Crippen LogP contribution in [0.3, 0.4) is 0 Å². The minimum absolute atomic E-state index is 0.0326. The molecule has 35 heavy (non-hydrogen) atoms. The van der Waals surface area contributed by atoms with Crippen LogP contribution in [0.1, 0.15) is 21.5 Å². The van der Waals surface area contributed by atoms with Gasteiger partial charge in [0.05, 0.1) is 21.9 Å². The lowest BCUT2D eigenvalue weighted by Crippen LogP contribution is -2.27. The molecule has 0 unspecified atom stereocenters. The molecule has 8 nitrogen and oxygen atoms in total. The SMILES string of the molecule is O=C(Oc1ccc(Br)cc1/C=C1\SC(=O)N(Cc2ccc([N+](=O)[O-])cc2)C1=O)c1cccc(Cl)c1. The largest absolute Gasteiger partial charge is 0.422 e. The number of halogens is 2. The fourth-order valence-electron chi connectivity index (χ4n) is 3.18. The van der Waals surface area contributed by atoms with E-state index < -0.39 is 22.0 Å². The molecule has 0 radical (unpaired) electrons. The van der Waals surface area contributed by atoms with Crippen LogP contribution in [0.4, 0.5) is 10.5 Å². The van der Waals surface area contributed by atoms with E-state index in [1.807, 2.05) is 0 Å². The first-order valence-corrected chi connectivity index (χ1v) is 12.0. The zero-order chi connectivity index (χ0) is 25.1. The number of nitrogens with zero attached hydrogens (tertiary/aromatic N) is 2. The Balaban J connectivity index is 1.56. The standard InChI is InChI=1S/C24H14BrClN2O6S/c25-17-6-9-20(34-23(30)15-2-1-3-18(26)11-15)16(10-17)12-21-22(29)27(24(31)35-21)13-14-4-7-19(8-5-14)28(32)33/h1-12H,13H2/b21-12-. The highest BCUT2D eigenvalue weighted by atomic mass is 79.9. The van der Waals surface area contributed by atoms with E-state index in [0.29, 0.717) is 20.6 Å². The van der Waals surface area contributed by atoms with Gasteiger partial charge >= 0.3 is 5.97 Å². The first-order chi connectivity index (χ1) is 16.7. The van der Waals surface area contributed by atoms with Gasteiger partial charge in [-0.3, -0.25) is 24.6 Å². The van der Waals surface area contributed by atoms with Gasteiger partial charge in [-0.1, -0.05) is 45.7 Å². The molecule has 0 N–H and O–H groups in total. The van der Waals surface area contributed by atoms with Crippen molar-refractivity contribution in [2.75, 3.05) is 0 Å². The third-order valence-electron chi connectivity index (χ3n) is 4.88. The molecule has 4 rings (SSSR count). The average Bonchev–Trinajstić information content (AvgIpc) is 3.08. The van der Waals surface area contributed by atoms with Crippen LogP contribution in [-0.2, 0) is 11.3 Å². The van der Waals surface area contributed by atoms with Gasteiger partial charge < -0.3 is 4.74 Å². The smallest absolute Gasteiger partial charge is 0.343 e. The highest BCUT2D eigenvalue weighted by molar-refractivity contribution is 9.10. The number of carbonyl (C=O) groups is 3. The molecule has 2 amide bonds. The van der Waals surface area contributed by atoms with Gasteiger partial charge in [-0.05, 0) is 59.8 Å². The lowest BCUT2D eigenvalue weighted by atomic mass is 10.1. The van der Waals surface area contributed by atoms with Gasteiger partial charge in [-0.2, -0.15) is 0 Å². The number of hydrogen-bond acceptors (Lipinski definition) is 7.